The summed E-state index contributed by atoms with van der Waals surface area (Å²) in [7, 11) is 0. The molecule has 3 rings (SSSR count). The van der Waals surface area contributed by atoms with Crippen molar-refractivity contribution in [2.45, 2.75) is 43.7 Å². The van der Waals surface area contributed by atoms with Crippen LogP contribution in [0.1, 0.15) is 32.1 Å². The van der Waals surface area contributed by atoms with Crippen molar-refractivity contribution in [3.63, 3.8) is 0 Å². The molecule has 3 aliphatic rings. The number of nitrogens with zero attached hydrogens (tertiary/aromatic N) is 1. The van der Waals surface area contributed by atoms with Gasteiger partial charge in [0.2, 0.25) is 0 Å². The zero-order valence-electron chi connectivity index (χ0n) is 9.32. The van der Waals surface area contributed by atoms with Crippen LogP contribution in [0.15, 0.2) is 0 Å². The zero-order valence-corrected chi connectivity index (χ0v) is 9.32. The first-order valence-electron chi connectivity index (χ1n) is 6.32. The van der Waals surface area contributed by atoms with Crippen LogP contribution in [0.4, 0.5) is 0 Å². The molecule has 0 radical (unpaired) electrons. The molecule has 1 saturated carbocycles. The molecule has 2 aliphatic heterocycles. The Bertz CT molecular complexity index is 236. The van der Waals surface area contributed by atoms with Crippen LogP contribution >= 0.6 is 0 Å². The molecule has 0 aromatic carbocycles. The van der Waals surface area contributed by atoms with Crippen LogP contribution in [0.2, 0.25) is 0 Å². The van der Waals surface area contributed by atoms with E-state index in [0.717, 1.165) is 51.6 Å². The van der Waals surface area contributed by atoms with Crippen molar-refractivity contribution >= 4 is 0 Å². The summed E-state index contributed by atoms with van der Waals surface area (Å²) in [6.07, 6.45) is 5.78. The van der Waals surface area contributed by atoms with Crippen molar-refractivity contribution in [2.75, 3.05) is 26.3 Å². The minimum Gasteiger partial charge on any atom is -0.388 e. The van der Waals surface area contributed by atoms with E-state index in [1.807, 2.05) is 0 Å². The molecule has 2 heterocycles. The summed E-state index contributed by atoms with van der Waals surface area (Å²) >= 11 is 0. The molecule has 3 heteroatoms. The first kappa shape index (κ1) is 10.1. The number of β-amino-alcohol motifs (C(OH)–C–C–N with tert-alkyl or cyclic N) is 1. The first-order chi connectivity index (χ1) is 7.28. The fourth-order valence-corrected chi connectivity index (χ4v) is 3.17. The van der Waals surface area contributed by atoms with E-state index < -0.39 is 5.60 Å². The van der Waals surface area contributed by atoms with E-state index in [-0.39, 0.29) is 0 Å². The molecule has 86 valence electrons. The number of ether oxygens (including phenoxy) is 1. The Labute approximate surface area is 91.4 Å². The summed E-state index contributed by atoms with van der Waals surface area (Å²) in [5.41, 5.74) is -0.396. The van der Waals surface area contributed by atoms with Gasteiger partial charge >= 0.3 is 0 Å². The van der Waals surface area contributed by atoms with Gasteiger partial charge in [0.05, 0.1) is 5.60 Å². The fourth-order valence-electron chi connectivity index (χ4n) is 3.17. The number of rotatable bonds is 2. The Morgan fingerprint density at radius 1 is 1.13 bits per heavy atom. The van der Waals surface area contributed by atoms with Crippen molar-refractivity contribution in [3.05, 3.63) is 0 Å². The van der Waals surface area contributed by atoms with Crippen LogP contribution in [-0.4, -0.2) is 48.0 Å². The average molecular weight is 211 g/mol. The minimum atomic E-state index is -0.396. The molecule has 3 nitrogen and oxygen atoms in total. The molecule has 3 fully saturated rings. The highest BCUT2D eigenvalue weighted by Gasteiger charge is 2.46. The summed E-state index contributed by atoms with van der Waals surface area (Å²) < 4.78 is 5.37. The van der Waals surface area contributed by atoms with Crippen molar-refractivity contribution in [2.24, 2.45) is 5.92 Å². The molecule has 0 bridgehead atoms. The maximum Gasteiger partial charge on any atom is 0.0816 e. The molecule has 0 amide bonds. The van der Waals surface area contributed by atoms with Gasteiger partial charge in [-0.2, -0.15) is 0 Å². The second kappa shape index (κ2) is 3.72. The molecule has 0 aromatic heterocycles. The molecule has 1 N–H and O–H groups in total. The monoisotopic (exact) mass is 211 g/mol. The summed E-state index contributed by atoms with van der Waals surface area (Å²) in [5.74, 6) is 0.481. The molecular formula is C12H21NO2. The third-order valence-corrected chi connectivity index (χ3v) is 4.35. The predicted molar refractivity (Wildman–Crippen MR) is 57.7 cm³/mol. The lowest BCUT2D eigenvalue weighted by Gasteiger charge is -2.35. The maximum absolute atomic E-state index is 10.7. The van der Waals surface area contributed by atoms with Crippen LogP contribution in [0.5, 0.6) is 0 Å². The molecular weight excluding hydrogens is 190 g/mol. The standard InChI is InChI=1S/C12H21NO2/c14-12(10-3-7-15-8-4-10)5-6-13(9-12)11-1-2-11/h10-11,14H,1-9H2. The Morgan fingerprint density at radius 2 is 1.87 bits per heavy atom. The van der Waals surface area contributed by atoms with E-state index in [2.05, 4.69) is 4.90 Å². The Morgan fingerprint density at radius 3 is 2.53 bits per heavy atom. The maximum atomic E-state index is 10.7. The lowest BCUT2D eigenvalue weighted by molar-refractivity contribution is -0.0582. The van der Waals surface area contributed by atoms with E-state index >= 15 is 0 Å². The highest BCUT2D eigenvalue weighted by molar-refractivity contribution is 5.00. The molecule has 0 aromatic rings. The summed E-state index contributed by atoms with van der Waals surface area (Å²) in [4.78, 5) is 2.50. The van der Waals surface area contributed by atoms with E-state index in [9.17, 15) is 5.11 Å². The molecule has 1 aliphatic carbocycles. The van der Waals surface area contributed by atoms with Crippen LogP contribution in [0, 0.1) is 5.92 Å². The van der Waals surface area contributed by atoms with E-state index in [1.54, 1.807) is 0 Å². The van der Waals surface area contributed by atoms with Crippen LogP contribution < -0.4 is 0 Å². The van der Waals surface area contributed by atoms with Gasteiger partial charge in [0.15, 0.2) is 0 Å². The van der Waals surface area contributed by atoms with E-state index in [0.29, 0.717) is 5.92 Å². The van der Waals surface area contributed by atoms with Crippen molar-refractivity contribution < 1.29 is 9.84 Å². The van der Waals surface area contributed by atoms with Gasteiger partial charge in [-0.3, -0.25) is 4.90 Å². The molecule has 0 spiro atoms. The normalized spacial score (nSPS) is 39.8. The number of likely N-dealkylation sites (tertiary alicyclic amines) is 1. The second-order valence-corrected chi connectivity index (χ2v) is 5.44. The van der Waals surface area contributed by atoms with Crippen LogP contribution in [0.25, 0.3) is 0 Å². The third-order valence-electron chi connectivity index (χ3n) is 4.35. The fraction of sp³-hybridized carbons (Fsp3) is 1.00. The third kappa shape index (κ3) is 1.93. The topological polar surface area (TPSA) is 32.7 Å². The van der Waals surface area contributed by atoms with E-state index in [1.165, 1.54) is 12.8 Å². The van der Waals surface area contributed by atoms with Gasteiger partial charge in [-0.05, 0) is 38.0 Å². The van der Waals surface area contributed by atoms with E-state index in [4.69, 9.17) is 4.74 Å². The van der Waals surface area contributed by atoms with Gasteiger partial charge in [0, 0.05) is 32.3 Å². The van der Waals surface area contributed by atoms with Crippen LogP contribution in [-0.2, 0) is 4.74 Å². The Kier molecular flexibility index (Phi) is 2.49. The van der Waals surface area contributed by atoms with Gasteiger partial charge in [0.25, 0.3) is 0 Å². The van der Waals surface area contributed by atoms with Crippen LogP contribution in [0.3, 0.4) is 0 Å². The number of hydrogen-bond donors (Lipinski definition) is 1. The molecule has 1 unspecified atom stereocenters. The number of hydrogen-bond acceptors (Lipinski definition) is 3. The molecule has 15 heavy (non-hydrogen) atoms. The smallest absolute Gasteiger partial charge is 0.0816 e. The quantitative estimate of drug-likeness (QED) is 0.740. The van der Waals surface area contributed by atoms with Gasteiger partial charge in [-0.15, -0.1) is 0 Å². The Balaban J connectivity index is 1.63. The predicted octanol–water partition coefficient (Wildman–Crippen LogP) is 1.01. The summed E-state index contributed by atoms with van der Waals surface area (Å²) in [6.45, 7) is 3.72. The highest BCUT2D eigenvalue weighted by atomic mass is 16.5. The molecule has 2 saturated heterocycles. The van der Waals surface area contributed by atoms with Gasteiger partial charge in [-0.1, -0.05) is 0 Å². The van der Waals surface area contributed by atoms with Gasteiger partial charge < -0.3 is 9.84 Å². The van der Waals surface area contributed by atoms with Crippen molar-refractivity contribution in [1.29, 1.82) is 0 Å². The van der Waals surface area contributed by atoms with Crippen molar-refractivity contribution in [3.8, 4) is 0 Å². The lowest BCUT2D eigenvalue weighted by atomic mass is 9.81. The number of aliphatic hydroxyl groups is 1. The first-order valence-corrected chi connectivity index (χ1v) is 6.32. The molecule has 1 atom stereocenters. The van der Waals surface area contributed by atoms with Crippen molar-refractivity contribution in [1.82, 2.24) is 4.90 Å². The van der Waals surface area contributed by atoms with Gasteiger partial charge in [0.1, 0.15) is 0 Å². The highest BCUT2D eigenvalue weighted by Crippen LogP contribution is 2.39. The average Bonchev–Trinajstić information content (AvgIpc) is 3.04. The summed E-state index contributed by atoms with van der Waals surface area (Å²) in [5, 5.41) is 10.7. The van der Waals surface area contributed by atoms with Gasteiger partial charge in [-0.25, -0.2) is 0 Å². The minimum absolute atomic E-state index is 0.396. The summed E-state index contributed by atoms with van der Waals surface area (Å²) in [6, 6.07) is 0.805. The lowest BCUT2D eigenvalue weighted by Crippen LogP contribution is -2.43. The Hall–Kier alpha value is -0.120. The largest absolute Gasteiger partial charge is 0.388 e. The SMILES string of the molecule is OC1(C2CCOCC2)CCN(C2CC2)C1. The second-order valence-electron chi connectivity index (χ2n) is 5.44. The zero-order chi connectivity index (χ0) is 10.3.